The third-order valence-corrected chi connectivity index (χ3v) is 7.06. The quantitative estimate of drug-likeness (QED) is 0.581. The highest BCUT2D eigenvalue weighted by Crippen LogP contribution is 2.86. The van der Waals surface area contributed by atoms with Crippen LogP contribution in [0.4, 0.5) is 0 Å². The maximum absolute atomic E-state index is 12.1. The smallest absolute Gasteiger partial charge is 0.140 e. The molecule has 5 aliphatic carbocycles. The van der Waals surface area contributed by atoms with Crippen LogP contribution in [0.15, 0.2) is 0 Å². The van der Waals surface area contributed by atoms with Crippen molar-refractivity contribution < 1.29 is 4.79 Å². The fourth-order valence-corrected chi connectivity index (χ4v) is 7.23. The average molecular weight is 229 g/mol. The van der Waals surface area contributed by atoms with Gasteiger partial charge in [-0.1, -0.05) is 0 Å². The summed E-state index contributed by atoms with van der Waals surface area (Å²) in [5.41, 5.74) is 0. The third-order valence-electron chi connectivity index (χ3n) is 6.05. The molecule has 5 saturated carbocycles. The van der Waals surface area contributed by atoms with Crippen LogP contribution in [0.5, 0.6) is 0 Å². The molecule has 2 bridgehead atoms. The van der Waals surface area contributed by atoms with Crippen LogP contribution in [0, 0.1) is 47.3 Å². The number of ketones is 1. The minimum Gasteiger partial charge on any atom is -0.299 e. The molecular formula is C11H10Cl2O. The maximum Gasteiger partial charge on any atom is 0.140 e. The molecule has 0 unspecified atom stereocenters. The van der Waals surface area contributed by atoms with Crippen LogP contribution in [-0.2, 0) is 4.79 Å². The first-order chi connectivity index (χ1) is 6.64. The van der Waals surface area contributed by atoms with E-state index >= 15 is 0 Å². The SMILES string of the molecule is O=C1[C@@H]2[C@H]3C[C@@H]4[C@@H]5[C@H]3[C@@H]1[C@H]5C(Cl)(Cl)[C@H]42. The fourth-order valence-electron chi connectivity index (χ4n) is 6.07. The van der Waals surface area contributed by atoms with Gasteiger partial charge < -0.3 is 0 Å². The molecule has 0 aromatic rings. The van der Waals surface area contributed by atoms with Crippen LogP contribution in [-0.4, -0.2) is 10.1 Å². The standard InChI is InChI=1S/C11H10Cl2O/c12-11(13)8-3-1-2-4-5(3)9(11)7(4)10(14)6(2)8/h2-9H,1H2/t2-,3+,4-,5+,6+,7+,8+,9-/m0/s1. The minimum absolute atomic E-state index is 0.264. The van der Waals surface area contributed by atoms with Gasteiger partial charge in [-0.15, -0.1) is 23.2 Å². The van der Waals surface area contributed by atoms with Crippen molar-refractivity contribution in [3.05, 3.63) is 0 Å². The number of Topliss-reactive ketones (excluding diaryl/α,β-unsaturated/α-hetero) is 1. The Kier molecular flexibility index (Phi) is 0.909. The summed E-state index contributed by atoms with van der Waals surface area (Å²) in [6, 6.07) is 0. The number of carbonyl (C=O) groups excluding carboxylic acids is 1. The van der Waals surface area contributed by atoms with E-state index < -0.39 is 4.33 Å². The van der Waals surface area contributed by atoms with Crippen molar-refractivity contribution in [3.63, 3.8) is 0 Å². The molecule has 1 nitrogen and oxygen atoms in total. The number of hydrogen-bond donors (Lipinski definition) is 0. The Bertz CT molecular complexity index is 391. The minimum atomic E-state index is -0.541. The number of fused-ring (bicyclic) bond motifs is 2. The summed E-state index contributed by atoms with van der Waals surface area (Å²) in [5.74, 6) is 4.55. The molecule has 0 aliphatic heterocycles. The number of carbonyl (C=O) groups is 1. The Morgan fingerprint density at radius 3 is 2.64 bits per heavy atom. The molecule has 0 radical (unpaired) electrons. The highest BCUT2D eigenvalue weighted by atomic mass is 35.5. The van der Waals surface area contributed by atoms with Crippen molar-refractivity contribution in [1.82, 2.24) is 0 Å². The van der Waals surface area contributed by atoms with E-state index in [9.17, 15) is 4.79 Å². The number of alkyl halides is 2. The lowest BCUT2D eigenvalue weighted by Gasteiger charge is -2.47. The van der Waals surface area contributed by atoms with Crippen LogP contribution in [0.1, 0.15) is 6.42 Å². The second-order valence-corrected chi connectivity index (χ2v) is 7.34. The van der Waals surface area contributed by atoms with Gasteiger partial charge in [-0.05, 0) is 30.1 Å². The van der Waals surface area contributed by atoms with Gasteiger partial charge in [0, 0.05) is 23.7 Å². The van der Waals surface area contributed by atoms with Crippen molar-refractivity contribution in [3.8, 4) is 0 Å². The summed E-state index contributed by atoms with van der Waals surface area (Å²) in [6.07, 6.45) is 1.25. The molecule has 5 rings (SSSR count). The largest absolute Gasteiger partial charge is 0.299 e. The number of halogens is 2. The second-order valence-electron chi connectivity index (χ2n) is 5.90. The molecule has 0 N–H and O–H groups in total. The van der Waals surface area contributed by atoms with Crippen LogP contribution in [0.3, 0.4) is 0 Å². The third kappa shape index (κ3) is 0.427. The zero-order valence-corrected chi connectivity index (χ0v) is 9.00. The molecule has 3 heteroatoms. The van der Waals surface area contributed by atoms with E-state index in [0.717, 1.165) is 5.92 Å². The van der Waals surface area contributed by atoms with E-state index in [-0.39, 0.29) is 11.8 Å². The Balaban J connectivity index is 1.87. The summed E-state index contributed by atoms with van der Waals surface area (Å²) in [4.78, 5) is 12.1. The van der Waals surface area contributed by atoms with E-state index in [0.29, 0.717) is 35.4 Å². The fraction of sp³-hybridized carbons (Fsp3) is 0.909. The molecule has 0 saturated heterocycles. The van der Waals surface area contributed by atoms with Crippen molar-refractivity contribution >= 4 is 29.0 Å². The maximum atomic E-state index is 12.1. The van der Waals surface area contributed by atoms with Crippen LogP contribution < -0.4 is 0 Å². The molecule has 14 heavy (non-hydrogen) atoms. The van der Waals surface area contributed by atoms with E-state index in [2.05, 4.69) is 0 Å². The lowest BCUT2D eigenvalue weighted by atomic mass is 9.59. The first-order valence-electron chi connectivity index (χ1n) is 5.55. The van der Waals surface area contributed by atoms with Gasteiger partial charge in [0.25, 0.3) is 0 Å². The normalized spacial score (nSPS) is 73.4. The zero-order chi connectivity index (χ0) is 9.40. The van der Waals surface area contributed by atoms with Gasteiger partial charge in [-0.2, -0.15) is 0 Å². The summed E-state index contributed by atoms with van der Waals surface area (Å²) >= 11 is 13.0. The number of hydrogen-bond acceptors (Lipinski definition) is 1. The Morgan fingerprint density at radius 2 is 1.86 bits per heavy atom. The van der Waals surface area contributed by atoms with Crippen LogP contribution >= 0.6 is 23.2 Å². The summed E-state index contributed by atoms with van der Waals surface area (Å²) in [7, 11) is 0. The van der Waals surface area contributed by atoms with E-state index in [1.807, 2.05) is 0 Å². The molecule has 74 valence electrons. The topological polar surface area (TPSA) is 17.1 Å². The van der Waals surface area contributed by atoms with E-state index in [1.165, 1.54) is 6.42 Å². The zero-order valence-electron chi connectivity index (χ0n) is 7.49. The predicted molar refractivity (Wildman–Crippen MR) is 52.0 cm³/mol. The predicted octanol–water partition coefficient (Wildman–Crippen LogP) is 2.12. The first-order valence-corrected chi connectivity index (χ1v) is 6.31. The monoisotopic (exact) mass is 228 g/mol. The molecule has 8 atom stereocenters. The molecule has 5 fully saturated rings. The summed E-state index contributed by atoms with van der Waals surface area (Å²) < 4.78 is -0.541. The summed E-state index contributed by atoms with van der Waals surface area (Å²) in [6.45, 7) is 0. The van der Waals surface area contributed by atoms with E-state index in [1.54, 1.807) is 0 Å². The van der Waals surface area contributed by atoms with E-state index in [4.69, 9.17) is 23.2 Å². The Morgan fingerprint density at radius 1 is 1.07 bits per heavy atom. The lowest BCUT2D eigenvalue weighted by Crippen LogP contribution is -2.52. The van der Waals surface area contributed by atoms with Gasteiger partial charge in [0.15, 0.2) is 0 Å². The van der Waals surface area contributed by atoms with Gasteiger partial charge in [-0.3, -0.25) is 4.79 Å². The average Bonchev–Trinajstić information content (AvgIpc) is 2.52. The molecular weight excluding hydrogens is 219 g/mol. The van der Waals surface area contributed by atoms with Gasteiger partial charge in [-0.25, -0.2) is 0 Å². The van der Waals surface area contributed by atoms with Gasteiger partial charge in [0.2, 0.25) is 0 Å². The molecule has 0 aromatic heterocycles. The van der Waals surface area contributed by atoms with Crippen molar-refractivity contribution in [2.45, 2.75) is 10.8 Å². The Hall–Kier alpha value is 0.250. The molecule has 0 heterocycles. The highest BCUT2D eigenvalue weighted by Gasteiger charge is 2.87. The molecule has 0 amide bonds. The van der Waals surface area contributed by atoms with Crippen LogP contribution in [0.25, 0.3) is 0 Å². The summed E-state index contributed by atoms with van der Waals surface area (Å²) in [5, 5.41) is 0. The number of rotatable bonds is 0. The molecule has 0 spiro atoms. The van der Waals surface area contributed by atoms with Crippen molar-refractivity contribution in [2.24, 2.45) is 47.3 Å². The van der Waals surface area contributed by atoms with Crippen molar-refractivity contribution in [1.29, 1.82) is 0 Å². The first kappa shape index (κ1) is 7.51. The second kappa shape index (κ2) is 1.69. The molecule has 0 aromatic carbocycles. The Labute approximate surface area is 92.1 Å². The van der Waals surface area contributed by atoms with Crippen molar-refractivity contribution in [2.75, 3.05) is 0 Å². The van der Waals surface area contributed by atoms with Gasteiger partial charge in [0.05, 0.1) is 0 Å². The van der Waals surface area contributed by atoms with Gasteiger partial charge >= 0.3 is 0 Å². The molecule has 5 aliphatic rings. The lowest BCUT2D eigenvalue weighted by molar-refractivity contribution is -0.133. The van der Waals surface area contributed by atoms with Crippen LogP contribution in [0.2, 0.25) is 0 Å². The highest BCUT2D eigenvalue weighted by molar-refractivity contribution is 6.49. The van der Waals surface area contributed by atoms with Gasteiger partial charge in [0.1, 0.15) is 10.1 Å².